The monoisotopic (exact) mass is 238 g/mol. The Morgan fingerprint density at radius 3 is 2.82 bits per heavy atom. The molecule has 1 fully saturated rings. The largest absolute Gasteiger partial charge is 0.394 e. The van der Waals surface area contributed by atoms with Crippen molar-refractivity contribution in [2.75, 3.05) is 42.8 Å². The van der Waals surface area contributed by atoms with Crippen LogP contribution in [0.2, 0.25) is 0 Å². The van der Waals surface area contributed by atoms with E-state index in [2.05, 4.69) is 15.0 Å². The Kier molecular flexibility index (Phi) is 3.28. The van der Waals surface area contributed by atoms with Crippen LogP contribution < -0.4 is 15.5 Å². The molecule has 3 N–H and O–H groups in total. The number of nitrogens with zero attached hydrogens (tertiary/aromatic N) is 5. The van der Waals surface area contributed by atoms with Crippen molar-refractivity contribution in [2.45, 2.75) is 18.9 Å². The second-order valence-corrected chi connectivity index (χ2v) is 4.36. The zero-order valence-electron chi connectivity index (χ0n) is 10.2. The zero-order valence-corrected chi connectivity index (χ0v) is 10.2. The van der Waals surface area contributed by atoms with Gasteiger partial charge in [0.1, 0.15) is 0 Å². The standard InChI is InChI=1S/C10H18N6O/c1-15(2)9-12-8(11)13-10(14-9)16-5-3-4-7(16)6-17/h7,17H,3-6H2,1-2H3,(H2,11,12,13,14). The van der Waals surface area contributed by atoms with E-state index in [9.17, 15) is 5.11 Å². The Labute approximate surface area is 100 Å². The molecule has 0 aliphatic carbocycles. The smallest absolute Gasteiger partial charge is 0.232 e. The van der Waals surface area contributed by atoms with Gasteiger partial charge in [0, 0.05) is 20.6 Å². The first-order valence-corrected chi connectivity index (χ1v) is 5.68. The summed E-state index contributed by atoms with van der Waals surface area (Å²) in [6.45, 7) is 0.963. The number of hydrogen-bond donors (Lipinski definition) is 2. The molecule has 0 spiro atoms. The molecule has 1 aromatic heterocycles. The summed E-state index contributed by atoms with van der Waals surface area (Å²) in [5.74, 6) is 1.30. The van der Waals surface area contributed by atoms with E-state index in [0.717, 1.165) is 19.4 Å². The van der Waals surface area contributed by atoms with E-state index in [1.165, 1.54) is 0 Å². The van der Waals surface area contributed by atoms with Crippen LogP contribution in [-0.2, 0) is 0 Å². The highest BCUT2D eigenvalue weighted by atomic mass is 16.3. The SMILES string of the molecule is CN(C)c1nc(N)nc(N2CCCC2CO)n1. The lowest BCUT2D eigenvalue weighted by molar-refractivity contribution is 0.265. The van der Waals surface area contributed by atoms with Crippen molar-refractivity contribution in [3.8, 4) is 0 Å². The van der Waals surface area contributed by atoms with Gasteiger partial charge >= 0.3 is 0 Å². The lowest BCUT2D eigenvalue weighted by Gasteiger charge is -2.23. The van der Waals surface area contributed by atoms with Crippen LogP contribution in [0.1, 0.15) is 12.8 Å². The van der Waals surface area contributed by atoms with Crippen molar-refractivity contribution in [1.29, 1.82) is 0 Å². The second kappa shape index (κ2) is 4.70. The molecule has 1 aliphatic heterocycles. The molecular weight excluding hydrogens is 220 g/mol. The maximum atomic E-state index is 9.29. The first-order chi connectivity index (χ1) is 8.11. The van der Waals surface area contributed by atoms with Gasteiger partial charge in [-0.25, -0.2) is 0 Å². The number of rotatable bonds is 3. The number of aliphatic hydroxyl groups is 1. The minimum atomic E-state index is 0.0896. The van der Waals surface area contributed by atoms with Gasteiger partial charge in [0.15, 0.2) is 0 Å². The Morgan fingerprint density at radius 2 is 2.18 bits per heavy atom. The number of anilines is 3. The van der Waals surface area contributed by atoms with Gasteiger partial charge < -0.3 is 20.6 Å². The molecule has 0 aromatic carbocycles. The van der Waals surface area contributed by atoms with Crippen molar-refractivity contribution in [1.82, 2.24) is 15.0 Å². The van der Waals surface area contributed by atoms with Crippen LogP contribution in [0.5, 0.6) is 0 Å². The molecule has 1 aliphatic rings. The highest BCUT2D eigenvalue weighted by Crippen LogP contribution is 2.23. The Hall–Kier alpha value is -1.63. The molecule has 1 atom stereocenters. The number of aliphatic hydroxyl groups excluding tert-OH is 1. The van der Waals surface area contributed by atoms with Crippen molar-refractivity contribution >= 4 is 17.8 Å². The summed E-state index contributed by atoms with van der Waals surface area (Å²) < 4.78 is 0. The molecule has 7 nitrogen and oxygen atoms in total. The molecular formula is C10H18N6O. The van der Waals surface area contributed by atoms with Gasteiger partial charge in [-0.2, -0.15) is 15.0 Å². The fraction of sp³-hybridized carbons (Fsp3) is 0.700. The summed E-state index contributed by atoms with van der Waals surface area (Å²) in [6, 6.07) is 0.0896. The van der Waals surface area contributed by atoms with Crippen LogP contribution in [0.3, 0.4) is 0 Å². The molecule has 1 unspecified atom stereocenters. The summed E-state index contributed by atoms with van der Waals surface area (Å²) in [4.78, 5) is 16.3. The third-order valence-corrected chi connectivity index (χ3v) is 2.87. The summed E-state index contributed by atoms with van der Waals surface area (Å²) in [5, 5.41) is 9.29. The van der Waals surface area contributed by atoms with Gasteiger partial charge in [0.2, 0.25) is 17.8 Å². The highest BCUT2D eigenvalue weighted by Gasteiger charge is 2.26. The van der Waals surface area contributed by atoms with Crippen LogP contribution in [0, 0.1) is 0 Å². The summed E-state index contributed by atoms with van der Waals surface area (Å²) in [6.07, 6.45) is 1.99. The number of aromatic nitrogens is 3. The van der Waals surface area contributed by atoms with Crippen LogP contribution in [0.25, 0.3) is 0 Å². The predicted molar refractivity (Wildman–Crippen MR) is 66.0 cm³/mol. The molecule has 0 saturated carbocycles. The average Bonchev–Trinajstić information content (AvgIpc) is 2.76. The fourth-order valence-electron chi connectivity index (χ4n) is 1.99. The molecule has 17 heavy (non-hydrogen) atoms. The average molecular weight is 238 g/mol. The molecule has 1 aromatic rings. The normalized spacial score (nSPS) is 19.7. The van der Waals surface area contributed by atoms with Gasteiger partial charge in [-0.05, 0) is 12.8 Å². The first kappa shape index (κ1) is 11.8. The fourth-order valence-corrected chi connectivity index (χ4v) is 1.99. The van der Waals surface area contributed by atoms with E-state index >= 15 is 0 Å². The minimum Gasteiger partial charge on any atom is -0.394 e. The van der Waals surface area contributed by atoms with Crippen LogP contribution >= 0.6 is 0 Å². The third-order valence-electron chi connectivity index (χ3n) is 2.87. The number of nitrogens with two attached hydrogens (primary N) is 1. The van der Waals surface area contributed by atoms with Crippen LogP contribution in [0.15, 0.2) is 0 Å². The van der Waals surface area contributed by atoms with E-state index in [1.807, 2.05) is 19.0 Å². The Balaban J connectivity index is 2.31. The topological polar surface area (TPSA) is 91.4 Å². The minimum absolute atomic E-state index is 0.0896. The molecule has 94 valence electrons. The zero-order chi connectivity index (χ0) is 12.4. The van der Waals surface area contributed by atoms with Gasteiger partial charge in [0.25, 0.3) is 0 Å². The summed E-state index contributed by atoms with van der Waals surface area (Å²) >= 11 is 0. The predicted octanol–water partition coefficient (Wildman–Crippen LogP) is -0.519. The van der Waals surface area contributed by atoms with Gasteiger partial charge in [-0.15, -0.1) is 0 Å². The Morgan fingerprint density at radius 1 is 1.41 bits per heavy atom. The molecule has 1 saturated heterocycles. The molecule has 0 radical (unpaired) electrons. The summed E-state index contributed by atoms with van der Waals surface area (Å²) in [7, 11) is 3.71. The van der Waals surface area contributed by atoms with E-state index in [1.54, 1.807) is 4.90 Å². The van der Waals surface area contributed by atoms with Crippen molar-refractivity contribution < 1.29 is 5.11 Å². The molecule has 2 heterocycles. The molecule has 2 rings (SSSR count). The number of hydrogen-bond acceptors (Lipinski definition) is 7. The third kappa shape index (κ3) is 2.38. The quantitative estimate of drug-likeness (QED) is 0.732. The second-order valence-electron chi connectivity index (χ2n) is 4.36. The first-order valence-electron chi connectivity index (χ1n) is 5.68. The van der Waals surface area contributed by atoms with E-state index < -0.39 is 0 Å². The van der Waals surface area contributed by atoms with E-state index in [-0.39, 0.29) is 18.6 Å². The summed E-state index contributed by atoms with van der Waals surface area (Å²) in [5.41, 5.74) is 5.67. The maximum Gasteiger partial charge on any atom is 0.232 e. The highest BCUT2D eigenvalue weighted by molar-refractivity contribution is 5.44. The van der Waals surface area contributed by atoms with Crippen molar-refractivity contribution in [3.63, 3.8) is 0 Å². The molecule has 0 bridgehead atoms. The van der Waals surface area contributed by atoms with Crippen LogP contribution in [-0.4, -0.2) is 53.3 Å². The molecule has 0 amide bonds. The Bertz CT molecular complexity index is 396. The van der Waals surface area contributed by atoms with Crippen LogP contribution in [0.4, 0.5) is 17.8 Å². The van der Waals surface area contributed by atoms with Gasteiger partial charge in [-0.3, -0.25) is 0 Å². The lowest BCUT2D eigenvalue weighted by Crippen LogP contribution is -2.34. The van der Waals surface area contributed by atoms with Gasteiger partial charge in [0.05, 0.1) is 12.6 Å². The van der Waals surface area contributed by atoms with Gasteiger partial charge in [-0.1, -0.05) is 0 Å². The van der Waals surface area contributed by atoms with E-state index in [4.69, 9.17) is 5.73 Å². The number of nitrogen functional groups attached to an aromatic ring is 1. The lowest BCUT2D eigenvalue weighted by atomic mass is 10.2. The van der Waals surface area contributed by atoms with Crippen molar-refractivity contribution in [2.24, 2.45) is 0 Å². The molecule has 7 heteroatoms. The van der Waals surface area contributed by atoms with E-state index in [0.29, 0.717) is 11.9 Å². The maximum absolute atomic E-state index is 9.29. The van der Waals surface area contributed by atoms with Crippen molar-refractivity contribution in [3.05, 3.63) is 0 Å².